The molecule has 0 radical (unpaired) electrons. The lowest BCUT2D eigenvalue weighted by Gasteiger charge is -2.33. The fourth-order valence-corrected chi connectivity index (χ4v) is 1.65. The highest BCUT2D eigenvalue weighted by Crippen LogP contribution is 2.12. The molecule has 0 fully saturated rings. The molecule has 0 aliphatic heterocycles. The van der Waals surface area contributed by atoms with Gasteiger partial charge in [-0.1, -0.05) is 5.92 Å². The van der Waals surface area contributed by atoms with Crippen LogP contribution in [0.25, 0.3) is 0 Å². The molecule has 0 rings (SSSR count). The van der Waals surface area contributed by atoms with E-state index in [1.54, 1.807) is 6.92 Å². The van der Waals surface area contributed by atoms with Crippen molar-refractivity contribution in [3.63, 3.8) is 0 Å². The SMILES string of the molecule is CC#CCN(CCS(C)(=O)=O)C(C)(C)C. The molecule has 4 heteroatoms. The van der Waals surface area contributed by atoms with E-state index in [2.05, 4.69) is 37.5 Å². The van der Waals surface area contributed by atoms with Crippen molar-refractivity contribution in [3.8, 4) is 11.8 Å². The summed E-state index contributed by atoms with van der Waals surface area (Å²) in [5, 5.41) is 0. The molecule has 0 aliphatic rings. The van der Waals surface area contributed by atoms with Crippen LogP contribution in [0.3, 0.4) is 0 Å². The van der Waals surface area contributed by atoms with Gasteiger partial charge in [-0.25, -0.2) is 8.42 Å². The van der Waals surface area contributed by atoms with Gasteiger partial charge in [-0.2, -0.15) is 0 Å². The molecule has 0 N–H and O–H groups in total. The Hall–Kier alpha value is -0.530. The Morgan fingerprint density at radius 3 is 2.13 bits per heavy atom. The zero-order valence-corrected chi connectivity index (χ0v) is 11.1. The van der Waals surface area contributed by atoms with E-state index in [0.29, 0.717) is 13.1 Å². The minimum absolute atomic E-state index is 0.0471. The quantitative estimate of drug-likeness (QED) is 0.681. The molecule has 0 amide bonds. The van der Waals surface area contributed by atoms with Crippen LogP contribution in [-0.4, -0.2) is 44.0 Å². The third-order valence-electron chi connectivity index (χ3n) is 2.13. The first-order chi connectivity index (χ1) is 6.67. The van der Waals surface area contributed by atoms with Crippen LogP contribution in [0.2, 0.25) is 0 Å². The van der Waals surface area contributed by atoms with Gasteiger partial charge in [-0.3, -0.25) is 4.90 Å². The standard InChI is InChI=1S/C11H21NO2S/c1-6-7-8-12(11(2,3)4)9-10-15(5,13)14/h8-10H2,1-5H3. The normalized spacial score (nSPS) is 12.4. The highest BCUT2D eigenvalue weighted by molar-refractivity contribution is 7.90. The van der Waals surface area contributed by atoms with Gasteiger partial charge in [0.1, 0.15) is 9.84 Å². The third-order valence-corrected chi connectivity index (χ3v) is 3.05. The summed E-state index contributed by atoms with van der Waals surface area (Å²) in [4.78, 5) is 2.07. The molecule has 0 aromatic heterocycles. The Labute approximate surface area is 93.8 Å². The second-order valence-corrected chi connectivity index (χ2v) is 6.91. The maximum atomic E-state index is 11.1. The summed E-state index contributed by atoms with van der Waals surface area (Å²) in [6.45, 7) is 9.13. The molecule has 0 saturated carbocycles. The second-order valence-electron chi connectivity index (χ2n) is 4.65. The predicted molar refractivity (Wildman–Crippen MR) is 64.5 cm³/mol. The van der Waals surface area contributed by atoms with Crippen molar-refractivity contribution in [3.05, 3.63) is 0 Å². The van der Waals surface area contributed by atoms with Crippen LogP contribution < -0.4 is 0 Å². The molecule has 0 aromatic rings. The van der Waals surface area contributed by atoms with Crippen molar-refractivity contribution >= 4 is 9.84 Å². The summed E-state index contributed by atoms with van der Waals surface area (Å²) in [6.07, 6.45) is 1.26. The highest BCUT2D eigenvalue weighted by atomic mass is 32.2. The van der Waals surface area contributed by atoms with Crippen molar-refractivity contribution in [2.45, 2.75) is 33.2 Å². The number of sulfone groups is 1. The Balaban J connectivity index is 4.44. The van der Waals surface area contributed by atoms with Crippen LogP contribution in [0, 0.1) is 11.8 Å². The molecule has 0 heterocycles. The van der Waals surface area contributed by atoms with E-state index in [0.717, 1.165) is 0 Å². The van der Waals surface area contributed by atoms with Gasteiger partial charge < -0.3 is 0 Å². The largest absolute Gasteiger partial charge is 0.286 e. The van der Waals surface area contributed by atoms with Gasteiger partial charge in [0.05, 0.1) is 12.3 Å². The van der Waals surface area contributed by atoms with Gasteiger partial charge in [-0.05, 0) is 27.7 Å². The average Bonchev–Trinajstić information content (AvgIpc) is 1.99. The lowest BCUT2D eigenvalue weighted by molar-refractivity contribution is 0.167. The minimum atomic E-state index is -2.89. The summed E-state index contributed by atoms with van der Waals surface area (Å²) in [7, 11) is -2.89. The van der Waals surface area contributed by atoms with Crippen LogP contribution >= 0.6 is 0 Å². The molecule has 0 unspecified atom stereocenters. The topological polar surface area (TPSA) is 37.4 Å². The molecular weight excluding hydrogens is 210 g/mol. The van der Waals surface area contributed by atoms with Crippen molar-refractivity contribution in [1.82, 2.24) is 4.90 Å². The average molecular weight is 231 g/mol. The zero-order valence-electron chi connectivity index (χ0n) is 10.3. The maximum absolute atomic E-state index is 11.1. The fraction of sp³-hybridized carbons (Fsp3) is 0.818. The van der Waals surface area contributed by atoms with Crippen molar-refractivity contribution in [1.29, 1.82) is 0 Å². The number of hydrogen-bond acceptors (Lipinski definition) is 3. The Morgan fingerprint density at radius 1 is 1.27 bits per heavy atom. The first-order valence-electron chi connectivity index (χ1n) is 4.99. The van der Waals surface area contributed by atoms with Crippen LogP contribution in [0.15, 0.2) is 0 Å². The maximum Gasteiger partial charge on any atom is 0.148 e. The van der Waals surface area contributed by atoms with E-state index in [-0.39, 0.29) is 11.3 Å². The predicted octanol–water partition coefficient (Wildman–Crippen LogP) is 1.15. The summed E-state index contributed by atoms with van der Waals surface area (Å²) in [6, 6.07) is 0. The second kappa shape index (κ2) is 5.53. The van der Waals surface area contributed by atoms with Crippen molar-refractivity contribution in [2.75, 3.05) is 25.1 Å². The molecule has 0 spiro atoms. The van der Waals surface area contributed by atoms with Crippen LogP contribution in [0.5, 0.6) is 0 Å². The molecule has 0 atom stereocenters. The molecule has 0 aliphatic carbocycles. The van der Waals surface area contributed by atoms with E-state index >= 15 is 0 Å². The van der Waals surface area contributed by atoms with Crippen molar-refractivity contribution < 1.29 is 8.42 Å². The summed E-state index contributed by atoms with van der Waals surface area (Å²) < 4.78 is 22.1. The Morgan fingerprint density at radius 2 is 1.80 bits per heavy atom. The summed E-state index contributed by atoms with van der Waals surface area (Å²) >= 11 is 0. The summed E-state index contributed by atoms with van der Waals surface area (Å²) in [5.41, 5.74) is -0.0471. The first-order valence-corrected chi connectivity index (χ1v) is 7.05. The monoisotopic (exact) mass is 231 g/mol. The Bertz CT molecular complexity index is 341. The van der Waals surface area contributed by atoms with Gasteiger partial charge in [-0.15, -0.1) is 5.92 Å². The summed E-state index contributed by atoms with van der Waals surface area (Å²) in [5.74, 6) is 5.99. The molecule has 3 nitrogen and oxygen atoms in total. The number of rotatable bonds is 4. The van der Waals surface area contributed by atoms with Crippen LogP contribution in [0.1, 0.15) is 27.7 Å². The van der Waals surface area contributed by atoms with E-state index < -0.39 is 9.84 Å². The first kappa shape index (κ1) is 14.5. The smallest absolute Gasteiger partial charge is 0.148 e. The van der Waals surface area contributed by atoms with Crippen molar-refractivity contribution in [2.24, 2.45) is 0 Å². The molecular formula is C11H21NO2S. The number of hydrogen-bond donors (Lipinski definition) is 0. The van der Waals surface area contributed by atoms with Gasteiger partial charge in [0, 0.05) is 18.3 Å². The van der Waals surface area contributed by atoms with Crippen LogP contribution in [-0.2, 0) is 9.84 Å². The third kappa shape index (κ3) is 7.40. The number of nitrogens with zero attached hydrogens (tertiary/aromatic N) is 1. The highest BCUT2D eigenvalue weighted by Gasteiger charge is 2.21. The zero-order chi connectivity index (χ0) is 12.1. The van der Waals surface area contributed by atoms with E-state index in [1.807, 2.05) is 0 Å². The molecule has 15 heavy (non-hydrogen) atoms. The van der Waals surface area contributed by atoms with Gasteiger partial charge in [0.15, 0.2) is 0 Å². The molecule has 0 saturated heterocycles. The van der Waals surface area contributed by atoms with Gasteiger partial charge in [0.25, 0.3) is 0 Å². The molecule has 88 valence electrons. The van der Waals surface area contributed by atoms with Crippen LogP contribution in [0.4, 0.5) is 0 Å². The lowest BCUT2D eigenvalue weighted by atomic mass is 10.1. The van der Waals surface area contributed by atoms with Gasteiger partial charge >= 0.3 is 0 Å². The van der Waals surface area contributed by atoms with Gasteiger partial charge in [0.2, 0.25) is 0 Å². The van der Waals surface area contributed by atoms with E-state index in [9.17, 15) is 8.42 Å². The molecule has 0 bridgehead atoms. The minimum Gasteiger partial charge on any atom is -0.286 e. The molecule has 0 aromatic carbocycles. The fourth-order valence-electron chi connectivity index (χ4n) is 1.10. The van der Waals surface area contributed by atoms with E-state index in [1.165, 1.54) is 6.26 Å². The van der Waals surface area contributed by atoms with E-state index in [4.69, 9.17) is 0 Å². The Kier molecular flexibility index (Phi) is 5.33. The lowest BCUT2D eigenvalue weighted by Crippen LogP contribution is -2.44.